The Morgan fingerprint density at radius 2 is 1.66 bits per heavy atom. The molecule has 35 heavy (non-hydrogen) atoms. The lowest BCUT2D eigenvalue weighted by atomic mass is 9.76. The van der Waals surface area contributed by atoms with Gasteiger partial charge >= 0.3 is 5.91 Å². The van der Waals surface area contributed by atoms with Crippen molar-refractivity contribution in [1.82, 2.24) is 4.90 Å². The molecular weight excluding hydrogens is 477 g/mol. The smallest absolute Gasteiger partial charge is 0.325 e. The summed E-state index contributed by atoms with van der Waals surface area (Å²) in [6.07, 6.45) is 4.88. The molecule has 5 atom stereocenters. The van der Waals surface area contributed by atoms with Crippen molar-refractivity contribution in [3.8, 4) is 0 Å². The lowest BCUT2D eigenvalue weighted by Gasteiger charge is -2.40. The molecule has 0 bridgehead atoms. The Bertz CT molecular complexity index is 1110. The van der Waals surface area contributed by atoms with Gasteiger partial charge in [0.1, 0.15) is 17.9 Å². The Balaban J connectivity index is 1.73. The molecule has 0 fully saturated rings. The van der Waals surface area contributed by atoms with E-state index in [-0.39, 0.29) is 39.6 Å². The van der Waals surface area contributed by atoms with Gasteiger partial charge in [-0.15, -0.1) is 0 Å². The third-order valence-corrected chi connectivity index (χ3v) is 7.73. The number of halogens is 4. The summed E-state index contributed by atoms with van der Waals surface area (Å²) in [5.41, 5.74) is 1.61. The number of amides is 2. The monoisotopic (exact) mass is 509 g/mol. The first-order chi connectivity index (χ1) is 16.2. The van der Waals surface area contributed by atoms with Crippen molar-refractivity contribution in [2.24, 2.45) is 23.7 Å². The summed E-state index contributed by atoms with van der Waals surface area (Å²) in [6.45, 7) is 5.87. The Morgan fingerprint density at radius 3 is 2.26 bits per heavy atom. The Hall–Kier alpha value is -2.38. The highest BCUT2D eigenvalue weighted by Gasteiger charge is 2.47. The third-order valence-electron chi connectivity index (χ3n) is 7.44. The molecule has 0 radical (unpaired) electrons. The van der Waals surface area contributed by atoms with Crippen molar-refractivity contribution in [3.05, 3.63) is 70.2 Å². The van der Waals surface area contributed by atoms with Crippen molar-refractivity contribution in [2.45, 2.75) is 39.7 Å². The Labute approximate surface area is 210 Å². The quantitative estimate of drug-likeness (QED) is 0.424. The van der Waals surface area contributed by atoms with Gasteiger partial charge in [-0.25, -0.2) is 22.4 Å². The van der Waals surface area contributed by atoms with E-state index < -0.39 is 35.3 Å². The van der Waals surface area contributed by atoms with E-state index in [0.29, 0.717) is 12.0 Å². The minimum absolute atomic E-state index is 0.0342. The number of hydrogen-bond acceptors (Lipinski definition) is 2. The molecule has 0 aromatic heterocycles. The number of rotatable bonds is 7. The zero-order valence-electron chi connectivity index (χ0n) is 21.0. The topological polar surface area (TPSA) is 37.4 Å². The minimum Gasteiger partial charge on any atom is -0.339 e. The molecule has 5 unspecified atom stereocenters. The number of carbonyl (C=O) groups excluding carboxylic acids is 2. The maximum atomic E-state index is 14.1. The minimum atomic E-state index is -1.02. The molecular formula is C27H33ClF3N2O2+. The van der Waals surface area contributed by atoms with Crippen molar-refractivity contribution in [2.75, 3.05) is 21.1 Å². The Morgan fingerprint density at radius 1 is 1.06 bits per heavy atom. The Kier molecular flexibility index (Phi) is 8.02. The van der Waals surface area contributed by atoms with Crippen molar-refractivity contribution < 1.29 is 27.2 Å². The van der Waals surface area contributed by atoms with Crippen LogP contribution in [0.2, 0.25) is 5.02 Å². The van der Waals surface area contributed by atoms with E-state index in [9.17, 15) is 22.8 Å². The molecule has 0 spiro atoms. The molecule has 1 heterocycles. The summed E-state index contributed by atoms with van der Waals surface area (Å²) >= 11 is 5.89. The van der Waals surface area contributed by atoms with Crippen LogP contribution in [-0.4, -0.2) is 48.4 Å². The molecule has 1 aliphatic carbocycles. The normalized spacial score (nSPS) is 23.9. The van der Waals surface area contributed by atoms with Gasteiger partial charge in [0.15, 0.2) is 11.7 Å². The second-order valence-electron chi connectivity index (χ2n) is 10.4. The lowest BCUT2D eigenvalue weighted by molar-refractivity contribution is -0.763. The number of benzene rings is 1. The summed E-state index contributed by atoms with van der Waals surface area (Å²) < 4.78 is 41.4. The summed E-state index contributed by atoms with van der Waals surface area (Å²) in [7, 11) is 5.08. The van der Waals surface area contributed by atoms with Crippen molar-refractivity contribution >= 4 is 23.4 Å². The number of likely N-dealkylation sites (N-methyl/N-ethyl adjacent to an activating group) is 1. The van der Waals surface area contributed by atoms with Crippen molar-refractivity contribution in [1.29, 1.82) is 0 Å². The van der Waals surface area contributed by atoms with Crippen LogP contribution in [0, 0.1) is 29.5 Å². The first kappa shape index (κ1) is 27.2. The number of allylic oxidation sites excluding steroid dienone is 3. The van der Waals surface area contributed by atoms with Crippen LogP contribution < -0.4 is 0 Å². The van der Waals surface area contributed by atoms with Gasteiger partial charge in [-0.05, 0) is 55.0 Å². The first-order valence-electron chi connectivity index (χ1n) is 11.8. The van der Waals surface area contributed by atoms with Crippen LogP contribution >= 0.6 is 11.6 Å². The predicted molar refractivity (Wildman–Crippen MR) is 131 cm³/mol. The van der Waals surface area contributed by atoms with Gasteiger partial charge in [-0.3, -0.25) is 4.79 Å². The molecule has 190 valence electrons. The molecule has 0 saturated carbocycles. The van der Waals surface area contributed by atoms with Crippen LogP contribution in [0.4, 0.5) is 13.2 Å². The summed E-state index contributed by atoms with van der Waals surface area (Å²) in [4.78, 5) is 27.7. The number of hydrogen-bond donors (Lipinski definition) is 0. The first-order valence-corrected chi connectivity index (χ1v) is 12.2. The maximum absolute atomic E-state index is 14.1. The zero-order valence-corrected chi connectivity index (χ0v) is 21.7. The van der Waals surface area contributed by atoms with Crippen LogP contribution in [0.15, 0.2) is 53.8 Å². The molecule has 0 N–H and O–H groups in total. The van der Waals surface area contributed by atoms with Crippen LogP contribution in [0.1, 0.15) is 32.8 Å². The second kappa shape index (κ2) is 10.3. The summed E-state index contributed by atoms with van der Waals surface area (Å²) in [5, 5.41) is 0.0776. The van der Waals surface area contributed by atoms with Crippen LogP contribution in [-0.2, 0) is 16.0 Å². The molecule has 3 rings (SSSR count). The molecule has 4 nitrogen and oxygen atoms in total. The number of carbonyl (C=O) groups is 2. The van der Waals surface area contributed by atoms with Gasteiger partial charge in [-0.1, -0.05) is 31.5 Å². The van der Waals surface area contributed by atoms with E-state index in [1.54, 1.807) is 44.4 Å². The van der Waals surface area contributed by atoms with E-state index in [1.807, 2.05) is 20.8 Å². The average Bonchev–Trinajstić information content (AvgIpc) is 2.79. The fraction of sp³-hybridized carbons (Fsp3) is 0.481. The molecule has 2 aliphatic rings. The van der Waals surface area contributed by atoms with Crippen LogP contribution in [0.25, 0.3) is 0 Å². The largest absolute Gasteiger partial charge is 0.339 e. The summed E-state index contributed by atoms with van der Waals surface area (Å²) in [6, 6.07) is 4.23. The summed E-state index contributed by atoms with van der Waals surface area (Å²) in [5.74, 6) is -4.08. The fourth-order valence-corrected chi connectivity index (χ4v) is 5.01. The van der Waals surface area contributed by atoms with Gasteiger partial charge in [0.25, 0.3) is 0 Å². The molecule has 8 heteroatoms. The van der Waals surface area contributed by atoms with E-state index in [4.69, 9.17) is 11.6 Å². The molecule has 0 saturated heterocycles. The molecule has 1 aliphatic heterocycles. The fourth-order valence-electron chi connectivity index (χ4n) is 4.80. The highest BCUT2D eigenvalue weighted by molar-refractivity contribution is 6.30. The van der Waals surface area contributed by atoms with Gasteiger partial charge in [-0.2, -0.15) is 0 Å². The molecule has 1 aromatic carbocycles. The second-order valence-corrected chi connectivity index (χ2v) is 10.8. The van der Waals surface area contributed by atoms with E-state index >= 15 is 0 Å². The van der Waals surface area contributed by atoms with Crippen LogP contribution in [0.5, 0.6) is 0 Å². The zero-order chi connectivity index (χ0) is 26.2. The van der Waals surface area contributed by atoms with Gasteiger partial charge in [0.2, 0.25) is 5.91 Å². The predicted octanol–water partition coefficient (Wildman–Crippen LogP) is 5.98. The highest BCUT2D eigenvalue weighted by Crippen LogP contribution is 2.41. The molecule has 2 amide bonds. The van der Waals surface area contributed by atoms with Gasteiger partial charge in [0, 0.05) is 25.0 Å². The van der Waals surface area contributed by atoms with E-state index in [0.717, 1.165) is 17.7 Å². The number of quaternary nitrogens is 1. The lowest BCUT2D eigenvalue weighted by Crippen LogP contribution is -2.53. The number of fused-ring (bicyclic) bond motifs is 1. The third kappa shape index (κ3) is 5.72. The van der Waals surface area contributed by atoms with Crippen LogP contribution in [0.3, 0.4) is 0 Å². The average molecular weight is 510 g/mol. The van der Waals surface area contributed by atoms with E-state index in [1.165, 1.54) is 6.07 Å². The van der Waals surface area contributed by atoms with Gasteiger partial charge in [0.05, 0.1) is 25.2 Å². The molecule has 1 aromatic rings. The SMILES string of the molecule is CC(CC(=O)N(C)C(C)C1=C[N+](C)(C)C(=O)C2C=C(F)C(F)=CC12)C(C)Cc1ccc(F)c(Cl)c1. The standard InChI is InChI=1S/C27H33ClF3N2O2/c1-15(9-18-7-8-23(29)22(28)11-18)16(2)10-26(34)32(4)17(3)21-14-33(5,6)27(35)20-13-25(31)24(30)12-19(20)21/h7-8,11-17,19-20H,9-10H2,1-6H3/q+1. The number of nitrogens with zero attached hydrogens (tertiary/aromatic N) is 2. The van der Waals surface area contributed by atoms with Gasteiger partial charge < -0.3 is 4.90 Å². The van der Waals surface area contributed by atoms with E-state index in [2.05, 4.69) is 0 Å². The highest BCUT2D eigenvalue weighted by atomic mass is 35.5. The maximum Gasteiger partial charge on any atom is 0.325 e. The van der Waals surface area contributed by atoms with Crippen molar-refractivity contribution in [3.63, 3.8) is 0 Å².